The molecule has 1 unspecified atom stereocenters. The molecule has 0 radical (unpaired) electrons. The summed E-state index contributed by atoms with van der Waals surface area (Å²) in [6, 6.07) is 0.438. The van der Waals surface area contributed by atoms with Crippen LogP contribution < -0.4 is 5.32 Å². The number of hydrogen-bond donors (Lipinski definition) is 1. The van der Waals surface area contributed by atoms with Crippen LogP contribution in [0.5, 0.6) is 0 Å². The molecule has 0 bridgehead atoms. The summed E-state index contributed by atoms with van der Waals surface area (Å²) in [5.41, 5.74) is 0. The van der Waals surface area contributed by atoms with Gasteiger partial charge in [-0.2, -0.15) is 0 Å². The fourth-order valence-corrected chi connectivity index (χ4v) is 1.60. The highest BCUT2D eigenvalue weighted by atomic mass is 16.6. The minimum atomic E-state index is -0.373. The van der Waals surface area contributed by atoms with Gasteiger partial charge in [0.05, 0.1) is 0 Å². The zero-order chi connectivity index (χ0) is 11.7. The minimum absolute atomic E-state index is 0.237. The maximum atomic E-state index is 10.9. The van der Waals surface area contributed by atoms with Gasteiger partial charge < -0.3 is 4.74 Å². The average molecular weight is 213 g/mol. The Labute approximate surface area is 92.9 Å². The van der Waals surface area contributed by atoms with Crippen molar-refractivity contribution in [2.24, 2.45) is 0 Å². The van der Waals surface area contributed by atoms with E-state index in [1.165, 1.54) is 6.08 Å². The van der Waals surface area contributed by atoms with Crippen LogP contribution in [-0.4, -0.2) is 18.2 Å². The molecule has 0 fully saturated rings. The predicted octanol–water partition coefficient (Wildman–Crippen LogP) is 2.62. The summed E-state index contributed by atoms with van der Waals surface area (Å²) >= 11 is 0. The number of ether oxygens (including phenoxy) is 1. The fraction of sp³-hybridized carbons (Fsp3) is 0.750. The molecule has 0 saturated carbocycles. The molecule has 1 atom stereocenters. The SMILES string of the molecule is C=CC(=O)OC(C)NC(CCC)CCC. The van der Waals surface area contributed by atoms with E-state index in [2.05, 4.69) is 25.7 Å². The van der Waals surface area contributed by atoms with Crippen LogP contribution >= 0.6 is 0 Å². The molecule has 0 heterocycles. The summed E-state index contributed by atoms with van der Waals surface area (Å²) < 4.78 is 5.05. The molecule has 0 amide bonds. The van der Waals surface area contributed by atoms with Gasteiger partial charge in [0, 0.05) is 12.1 Å². The van der Waals surface area contributed by atoms with E-state index in [1.54, 1.807) is 0 Å². The van der Waals surface area contributed by atoms with Gasteiger partial charge in [-0.1, -0.05) is 33.3 Å². The van der Waals surface area contributed by atoms with Crippen molar-refractivity contribution in [1.29, 1.82) is 0 Å². The third kappa shape index (κ3) is 7.14. The first-order valence-corrected chi connectivity index (χ1v) is 5.73. The Bertz CT molecular complexity index is 186. The Morgan fingerprint density at radius 2 is 1.93 bits per heavy atom. The number of carbonyl (C=O) groups is 1. The van der Waals surface area contributed by atoms with Crippen molar-refractivity contribution in [3.8, 4) is 0 Å². The monoisotopic (exact) mass is 213 g/mol. The maximum Gasteiger partial charge on any atom is 0.331 e. The van der Waals surface area contributed by atoms with Crippen molar-refractivity contribution >= 4 is 5.97 Å². The number of rotatable bonds is 8. The molecule has 0 aromatic carbocycles. The molecule has 0 spiro atoms. The normalized spacial score (nSPS) is 12.5. The topological polar surface area (TPSA) is 38.3 Å². The number of esters is 1. The van der Waals surface area contributed by atoms with Crippen molar-refractivity contribution in [3.05, 3.63) is 12.7 Å². The van der Waals surface area contributed by atoms with E-state index < -0.39 is 0 Å². The second-order valence-electron chi connectivity index (χ2n) is 3.72. The molecule has 0 rings (SSSR count). The van der Waals surface area contributed by atoms with E-state index in [4.69, 9.17) is 4.74 Å². The van der Waals surface area contributed by atoms with E-state index >= 15 is 0 Å². The van der Waals surface area contributed by atoms with Gasteiger partial charge in [-0.05, 0) is 19.8 Å². The molecular formula is C12H23NO2. The van der Waals surface area contributed by atoms with Crippen LogP contribution in [0.15, 0.2) is 12.7 Å². The quantitative estimate of drug-likeness (QED) is 0.382. The summed E-state index contributed by atoms with van der Waals surface area (Å²) in [7, 11) is 0. The summed E-state index contributed by atoms with van der Waals surface area (Å²) in [6.45, 7) is 9.53. The summed E-state index contributed by atoms with van der Waals surface area (Å²) in [4.78, 5) is 10.9. The molecule has 0 aliphatic heterocycles. The fourth-order valence-electron chi connectivity index (χ4n) is 1.60. The molecule has 0 saturated heterocycles. The summed E-state index contributed by atoms with van der Waals surface area (Å²) in [6.07, 6.45) is 5.46. The standard InChI is InChI=1S/C12H23NO2/c1-5-8-11(9-6-2)13-10(4)15-12(14)7-3/h7,10-11,13H,3,5-6,8-9H2,1-2,4H3. The highest BCUT2D eigenvalue weighted by Gasteiger charge is 2.12. The van der Waals surface area contributed by atoms with E-state index in [9.17, 15) is 4.79 Å². The first-order chi connectivity index (χ1) is 7.13. The molecule has 88 valence electrons. The van der Waals surface area contributed by atoms with Crippen molar-refractivity contribution in [3.63, 3.8) is 0 Å². The third-order valence-electron chi connectivity index (χ3n) is 2.20. The number of nitrogens with one attached hydrogen (secondary N) is 1. The smallest absolute Gasteiger partial charge is 0.331 e. The van der Waals surface area contributed by atoms with Gasteiger partial charge in [0.1, 0.15) is 0 Å². The summed E-state index contributed by atoms with van der Waals surface area (Å²) in [5, 5.41) is 3.29. The lowest BCUT2D eigenvalue weighted by atomic mass is 10.1. The van der Waals surface area contributed by atoms with Crippen molar-refractivity contribution in [2.75, 3.05) is 0 Å². The molecule has 3 nitrogen and oxygen atoms in total. The molecule has 1 N–H and O–H groups in total. The Morgan fingerprint density at radius 1 is 1.40 bits per heavy atom. The zero-order valence-electron chi connectivity index (χ0n) is 10.1. The Balaban J connectivity index is 3.91. The third-order valence-corrected chi connectivity index (χ3v) is 2.20. The minimum Gasteiger partial charge on any atom is -0.444 e. The second kappa shape index (κ2) is 8.48. The van der Waals surface area contributed by atoms with E-state index in [0.29, 0.717) is 6.04 Å². The molecule has 0 aliphatic rings. The van der Waals surface area contributed by atoms with Crippen LogP contribution in [0, 0.1) is 0 Å². The molecule has 0 aromatic rings. The van der Waals surface area contributed by atoms with Crippen LogP contribution in [0.4, 0.5) is 0 Å². The van der Waals surface area contributed by atoms with Gasteiger partial charge in [-0.15, -0.1) is 0 Å². The van der Waals surface area contributed by atoms with Crippen LogP contribution in [0.25, 0.3) is 0 Å². The molecule has 3 heteroatoms. The predicted molar refractivity (Wildman–Crippen MR) is 62.5 cm³/mol. The van der Waals surface area contributed by atoms with Crippen molar-refractivity contribution in [1.82, 2.24) is 5.32 Å². The van der Waals surface area contributed by atoms with Gasteiger partial charge >= 0.3 is 5.97 Å². The molecule has 15 heavy (non-hydrogen) atoms. The highest BCUT2D eigenvalue weighted by Crippen LogP contribution is 2.06. The first-order valence-electron chi connectivity index (χ1n) is 5.73. The molecule has 0 aromatic heterocycles. The Hall–Kier alpha value is -0.830. The van der Waals surface area contributed by atoms with E-state index in [1.807, 2.05) is 6.92 Å². The van der Waals surface area contributed by atoms with E-state index in [0.717, 1.165) is 25.7 Å². The lowest BCUT2D eigenvalue weighted by molar-refractivity contribution is -0.144. The average Bonchev–Trinajstić information content (AvgIpc) is 2.18. The molecule has 0 aliphatic carbocycles. The van der Waals surface area contributed by atoms with Crippen molar-refractivity contribution in [2.45, 2.75) is 58.7 Å². The van der Waals surface area contributed by atoms with Crippen LogP contribution in [0.1, 0.15) is 46.5 Å². The summed E-state index contributed by atoms with van der Waals surface area (Å²) in [5.74, 6) is -0.373. The zero-order valence-corrected chi connectivity index (χ0v) is 10.1. The van der Waals surface area contributed by atoms with Gasteiger partial charge in [0.15, 0.2) is 6.23 Å². The largest absolute Gasteiger partial charge is 0.444 e. The van der Waals surface area contributed by atoms with E-state index in [-0.39, 0.29) is 12.2 Å². The van der Waals surface area contributed by atoms with Gasteiger partial charge in [0.2, 0.25) is 0 Å². The van der Waals surface area contributed by atoms with Gasteiger partial charge in [0.25, 0.3) is 0 Å². The Morgan fingerprint density at radius 3 is 2.33 bits per heavy atom. The van der Waals surface area contributed by atoms with Gasteiger partial charge in [-0.25, -0.2) is 4.79 Å². The maximum absolute atomic E-state index is 10.9. The van der Waals surface area contributed by atoms with Crippen molar-refractivity contribution < 1.29 is 9.53 Å². The first kappa shape index (κ1) is 14.2. The van der Waals surface area contributed by atoms with Crippen LogP contribution in [-0.2, 0) is 9.53 Å². The lowest BCUT2D eigenvalue weighted by Gasteiger charge is -2.22. The number of hydrogen-bond acceptors (Lipinski definition) is 3. The highest BCUT2D eigenvalue weighted by molar-refractivity contribution is 5.81. The van der Waals surface area contributed by atoms with Crippen LogP contribution in [0.2, 0.25) is 0 Å². The number of carbonyl (C=O) groups excluding carboxylic acids is 1. The second-order valence-corrected chi connectivity index (χ2v) is 3.72. The lowest BCUT2D eigenvalue weighted by Crippen LogP contribution is -2.39. The Kier molecular flexibility index (Phi) is 8.01. The van der Waals surface area contributed by atoms with Gasteiger partial charge in [-0.3, -0.25) is 5.32 Å². The van der Waals surface area contributed by atoms with Crippen LogP contribution in [0.3, 0.4) is 0 Å². The molecular weight excluding hydrogens is 190 g/mol.